The first kappa shape index (κ1) is 18.3. The molecule has 2 heterocycles. The number of furan rings is 1. The number of nitrogens with one attached hydrogen (secondary N) is 1. The third-order valence-corrected chi connectivity index (χ3v) is 4.00. The lowest BCUT2D eigenvalue weighted by Crippen LogP contribution is -2.42. The Bertz CT molecular complexity index is 1030. The van der Waals surface area contributed by atoms with Crippen molar-refractivity contribution in [1.29, 1.82) is 0 Å². The number of fused-ring (bicyclic) bond motifs is 1. The Balaban J connectivity index is 1.29. The molecule has 0 saturated carbocycles. The van der Waals surface area contributed by atoms with Crippen LogP contribution in [0.3, 0.4) is 0 Å². The van der Waals surface area contributed by atoms with Gasteiger partial charge in [-0.1, -0.05) is 12.1 Å². The molecule has 0 radical (unpaired) electrons. The molecular weight excluding hydrogens is 376 g/mol. The number of carbonyl (C=O) groups is 2. The molecule has 1 N–H and O–H groups in total. The van der Waals surface area contributed by atoms with Crippen molar-refractivity contribution in [3.8, 4) is 17.2 Å². The smallest absolute Gasteiger partial charge is 0.379 e. The van der Waals surface area contributed by atoms with Gasteiger partial charge < -0.3 is 18.6 Å². The third kappa shape index (κ3) is 4.44. The summed E-state index contributed by atoms with van der Waals surface area (Å²) in [6, 6.07) is 16.9. The Hall–Kier alpha value is -4.07. The molecule has 0 unspecified atom stereocenters. The van der Waals surface area contributed by atoms with Gasteiger partial charge in [-0.05, 0) is 54.1 Å². The van der Waals surface area contributed by atoms with E-state index in [4.69, 9.17) is 18.6 Å². The maximum Gasteiger partial charge on any atom is 0.379 e. The minimum absolute atomic E-state index is 0.105. The molecule has 4 rings (SSSR count). The minimum Gasteiger partial charge on any atom is -0.485 e. The number of hydrogen-bond acceptors (Lipinski definition) is 7. The van der Waals surface area contributed by atoms with Crippen LogP contribution in [-0.4, -0.2) is 30.8 Å². The average Bonchev–Trinajstić information content (AvgIpc) is 3.30. The first-order chi connectivity index (χ1) is 14.2. The number of rotatable bonds is 5. The molecule has 2 aromatic carbocycles. The molecule has 8 heteroatoms. The summed E-state index contributed by atoms with van der Waals surface area (Å²) in [4.78, 5) is 24.0. The Labute approximate surface area is 165 Å². The van der Waals surface area contributed by atoms with Crippen LogP contribution in [-0.2, 0) is 4.79 Å². The first-order valence-corrected chi connectivity index (χ1v) is 8.76. The van der Waals surface area contributed by atoms with Gasteiger partial charge in [0.1, 0.15) is 12.4 Å². The van der Waals surface area contributed by atoms with E-state index in [-0.39, 0.29) is 12.4 Å². The van der Waals surface area contributed by atoms with Gasteiger partial charge in [0.15, 0.2) is 11.5 Å². The van der Waals surface area contributed by atoms with E-state index in [1.165, 1.54) is 18.5 Å². The topological polar surface area (TPSA) is 99.4 Å². The van der Waals surface area contributed by atoms with E-state index in [0.717, 1.165) is 0 Å². The highest BCUT2D eigenvalue weighted by molar-refractivity contribution is 5.88. The second kappa shape index (κ2) is 8.30. The fourth-order valence-electron chi connectivity index (χ4n) is 2.57. The number of para-hydroxylation sites is 2. The number of esters is 1. The summed E-state index contributed by atoms with van der Waals surface area (Å²) in [6.07, 6.45) is 2.08. The molecule has 1 aliphatic heterocycles. The van der Waals surface area contributed by atoms with Gasteiger partial charge in [-0.15, -0.1) is 0 Å². The summed E-state index contributed by atoms with van der Waals surface area (Å²) in [5, 5.41) is 3.92. The monoisotopic (exact) mass is 392 g/mol. The second-order valence-electron chi connectivity index (χ2n) is 6.03. The van der Waals surface area contributed by atoms with Crippen LogP contribution < -0.4 is 19.6 Å². The maximum absolute atomic E-state index is 12.2. The number of ether oxygens (including phenoxy) is 3. The van der Waals surface area contributed by atoms with Crippen molar-refractivity contribution in [2.24, 2.45) is 5.10 Å². The average molecular weight is 392 g/mol. The number of benzene rings is 2. The number of nitrogens with zero attached hydrogens (tertiary/aromatic N) is 1. The van der Waals surface area contributed by atoms with E-state index in [9.17, 15) is 9.59 Å². The molecule has 8 nitrogen and oxygen atoms in total. The lowest BCUT2D eigenvalue weighted by Gasteiger charge is -2.24. The number of hydrazone groups is 1. The highest BCUT2D eigenvalue weighted by Crippen LogP contribution is 2.30. The minimum atomic E-state index is -0.787. The van der Waals surface area contributed by atoms with Gasteiger partial charge in [-0.2, -0.15) is 5.10 Å². The quantitative estimate of drug-likeness (QED) is 0.310. The zero-order chi connectivity index (χ0) is 20.1. The Morgan fingerprint density at radius 1 is 1.03 bits per heavy atom. The second-order valence-corrected chi connectivity index (χ2v) is 6.03. The van der Waals surface area contributed by atoms with Gasteiger partial charge in [0.25, 0.3) is 5.91 Å². The fourth-order valence-corrected chi connectivity index (χ4v) is 2.57. The van der Waals surface area contributed by atoms with Crippen molar-refractivity contribution in [2.45, 2.75) is 6.10 Å². The van der Waals surface area contributed by atoms with Gasteiger partial charge in [0.05, 0.1) is 12.5 Å². The Morgan fingerprint density at radius 2 is 1.83 bits per heavy atom. The molecule has 1 aliphatic rings. The lowest BCUT2D eigenvalue weighted by atomic mass is 10.2. The standard InChI is InChI=1S/C21H16N2O6/c24-20(19-13-27-16-4-1-2-5-17(16)29-19)23-22-12-14-7-9-15(10-8-14)28-21(25)18-6-3-11-26-18/h1-12,19H,13H2,(H,23,24)/b22-12+/t19-/m0/s1. The van der Waals surface area contributed by atoms with E-state index >= 15 is 0 Å². The predicted molar refractivity (Wildman–Crippen MR) is 102 cm³/mol. The van der Waals surface area contributed by atoms with Gasteiger partial charge in [-0.3, -0.25) is 4.79 Å². The first-order valence-electron chi connectivity index (χ1n) is 8.76. The van der Waals surface area contributed by atoms with Crippen molar-refractivity contribution < 1.29 is 28.2 Å². The molecule has 0 aliphatic carbocycles. The highest BCUT2D eigenvalue weighted by atomic mass is 16.6. The van der Waals surface area contributed by atoms with Crippen molar-refractivity contribution in [2.75, 3.05) is 6.61 Å². The van der Waals surface area contributed by atoms with E-state index in [1.807, 2.05) is 6.07 Å². The number of hydrogen-bond donors (Lipinski definition) is 1. The van der Waals surface area contributed by atoms with Gasteiger partial charge in [-0.25, -0.2) is 10.2 Å². The van der Waals surface area contributed by atoms with Crippen LogP contribution in [0.5, 0.6) is 17.2 Å². The normalized spacial score (nSPS) is 15.1. The molecule has 1 amide bonds. The summed E-state index contributed by atoms with van der Waals surface area (Å²) in [5.74, 6) is 0.601. The van der Waals surface area contributed by atoms with E-state index in [2.05, 4.69) is 10.5 Å². The molecule has 0 spiro atoms. The van der Waals surface area contributed by atoms with Crippen molar-refractivity contribution in [3.63, 3.8) is 0 Å². The molecular formula is C21H16N2O6. The highest BCUT2D eigenvalue weighted by Gasteiger charge is 2.26. The van der Waals surface area contributed by atoms with Gasteiger partial charge >= 0.3 is 5.97 Å². The fraction of sp³-hybridized carbons (Fsp3) is 0.0952. The van der Waals surface area contributed by atoms with Gasteiger partial charge in [0, 0.05) is 0 Å². The summed E-state index contributed by atoms with van der Waals surface area (Å²) in [7, 11) is 0. The van der Waals surface area contributed by atoms with Crippen LogP contribution in [0.15, 0.2) is 76.4 Å². The van der Waals surface area contributed by atoms with Crippen LogP contribution in [0.4, 0.5) is 0 Å². The van der Waals surface area contributed by atoms with Gasteiger partial charge in [0.2, 0.25) is 11.9 Å². The van der Waals surface area contributed by atoms with Crippen LogP contribution in [0.1, 0.15) is 16.1 Å². The Kier molecular flexibility index (Phi) is 5.24. The Morgan fingerprint density at radius 3 is 2.59 bits per heavy atom. The summed E-state index contributed by atoms with van der Waals surface area (Å²) in [6.45, 7) is 0.105. The summed E-state index contributed by atoms with van der Waals surface area (Å²) in [5.41, 5.74) is 3.13. The molecule has 0 bridgehead atoms. The summed E-state index contributed by atoms with van der Waals surface area (Å²) >= 11 is 0. The number of amides is 1. The van der Waals surface area contributed by atoms with E-state index < -0.39 is 18.0 Å². The van der Waals surface area contributed by atoms with Crippen molar-refractivity contribution in [3.05, 3.63) is 78.3 Å². The van der Waals surface area contributed by atoms with E-state index in [1.54, 1.807) is 48.5 Å². The molecule has 0 fully saturated rings. The van der Waals surface area contributed by atoms with Crippen LogP contribution in [0, 0.1) is 0 Å². The molecule has 1 atom stereocenters. The predicted octanol–water partition coefficient (Wildman–Crippen LogP) is 2.79. The van der Waals surface area contributed by atoms with Crippen LogP contribution in [0.25, 0.3) is 0 Å². The number of carbonyl (C=O) groups excluding carboxylic acids is 2. The zero-order valence-electron chi connectivity index (χ0n) is 15.1. The zero-order valence-corrected chi connectivity index (χ0v) is 15.1. The summed E-state index contributed by atoms with van der Waals surface area (Å²) < 4.78 is 21.3. The SMILES string of the molecule is O=C(Oc1ccc(/C=N/NC(=O)[C@@H]2COc3ccccc3O2)cc1)c1ccco1. The van der Waals surface area contributed by atoms with E-state index in [0.29, 0.717) is 22.8 Å². The van der Waals surface area contributed by atoms with Crippen molar-refractivity contribution in [1.82, 2.24) is 5.43 Å². The maximum atomic E-state index is 12.2. The molecule has 0 saturated heterocycles. The van der Waals surface area contributed by atoms with Crippen LogP contribution >= 0.6 is 0 Å². The third-order valence-electron chi connectivity index (χ3n) is 4.00. The molecule has 3 aromatic rings. The van der Waals surface area contributed by atoms with Crippen LogP contribution in [0.2, 0.25) is 0 Å². The molecule has 29 heavy (non-hydrogen) atoms. The molecule has 146 valence electrons. The lowest BCUT2D eigenvalue weighted by molar-refractivity contribution is -0.130. The largest absolute Gasteiger partial charge is 0.485 e. The molecule has 1 aromatic heterocycles. The van der Waals surface area contributed by atoms with Crippen molar-refractivity contribution >= 4 is 18.1 Å².